The Bertz CT molecular complexity index is 473. The first-order chi connectivity index (χ1) is 9.06. The van der Waals surface area contributed by atoms with E-state index in [1.165, 1.54) is 18.2 Å². The summed E-state index contributed by atoms with van der Waals surface area (Å²) in [5, 5.41) is 6.18. The number of rotatable bonds is 3. The molecule has 1 aromatic rings. The molecule has 2 N–H and O–H groups in total. The topological polar surface area (TPSA) is 44.4 Å². The Morgan fingerprint density at radius 2 is 2.35 bits per heavy atom. The summed E-state index contributed by atoms with van der Waals surface area (Å²) >= 11 is 5.87. The molecule has 1 saturated heterocycles. The van der Waals surface area contributed by atoms with E-state index >= 15 is 0 Å². The number of hydrogen-bond donors (Lipinski definition) is 2. The maximum atomic E-state index is 12.9. The summed E-state index contributed by atoms with van der Waals surface area (Å²) in [4.78, 5) is 14.0. The monoisotopic (exact) mass is 321 g/mol. The Labute approximate surface area is 129 Å². The number of nitrogens with one attached hydrogen (secondary N) is 2. The number of carbonyl (C=O) groups excluding carboxylic acids is 1. The van der Waals surface area contributed by atoms with E-state index in [2.05, 4.69) is 22.5 Å². The highest BCUT2D eigenvalue weighted by atomic mass is 35.5. The molecule has 0 aliphatic carbocycles. The third-order valence-electron chi connectivity index (χ3n) is 3.19. The van der Waals surface area contributed by atoms with E-state index in [0.29, 0.717) is 18.3 Å². The summed E-state index contributed by atoms with van der Waals surface area (Å²) in [6, 6.07) is 4.25. The quantitative estimate of drug-likeness (QED) is 0.896. The van der Waals surface area contributed by atoms with Crippen LogP contribution >= 0.6 is 24.0 Å². The molecule has 1 atom stereocenters. The highest BCUT2D eigenvalue weighted by Crippen LogP contribution is 2.22. The maximum Gasteiger partial charge on any atom is 0.238 e. The third-order valence-corrected chi connectivity index (χ3v) is 3.50. The SMILES string of the molecule is C[C@@H]1CNCCN1CC(=O)Nc1ccc(F)cc1Cl.Cl. The number of benzene rings is 1. The second-order valence-electron chi connectivity index (χ2n) is 4.70. The molecule has 1 aliphatic heterocycles. The Kier molecular flexibility index (Phi) is 6.68. The van der Waals surface area contributed by atoms with Crippen LogP contribution in [-0.2, 0) is 4.79 Å². The third kappa shape index (κ3) is 4.59. The molecule has 1 aliphatic rings. The molecule has 1 amide bonds. The fraction of sp³-hybridized carbons (Fsp3) is 0.462. The van der Waals surface area contributed by atoms with Crippen molar-refractivity contribution in [2.24, 2.45) is 0 Å². The molecule has 1 aromatic carbocycles. The van der Waals surface area contributed by atoms with E-state index in [0.717, 1.165) is 19.6 Å². The summed E-state index contributed by atoms with van der Waals surface area (Å²) in [5.41, 5.74) is 0.441. The Hall–Kier alpha value is -0.880. The van der Waals surface area contributed by atoms with E-state index in [4.69, 9.17) is 11.6 Å². The predicted molar refractivity (Wildman–Crippen MR) is 81.2 cm³/mol. The first-order valence-corrected chi connectivity index (χ1v) is 6.64. The summed E-state index contributed by atoms with van der Waals surface area (Å²) in [5.74, 6) is -0.555. The summed E-state index contributed by atoms with van der Waals surface area (Å²) < 4.78 is 12.9. The summed E-state index contributed by atoms with van der Waals surface area (Å²) in [6.07, 6.45) is 0. The zero-order chi connectivity index (χ0) is 13.8. The van der Waals surface area contributed by atoms with Gasteiger partial charge in [-0.15, -0.1) is 12.4 Å². The van der Waals surface area contributed by atoms with Crippen LogP contribution in [0.4, 0.5) is 10.1 Å². The molecule has 4 nitrogen and oxygen atoms in total. The molecular weight excluding hydrogens is 304 g/mol. The first-order valence-electron chi connectivity index (χ1n) is 6.26. The molecule has 112 valence electrons. The van der Waals surface area contributed by atoms with Gasteiger partial charge < -0.3 is 10.6 Å². The van der Waals surface area contributed by atoms with Crippen LogP contribution in [0.5, 0.6) is 0 Å². The van der Waals surface area contributed by atoms with Crippen molar-refractivity contribution in [3.8, 4) is 0 Å². The summed E-state index contributed by atoms with van der Waals surface area (Å²) in [6.45, 7) is 4.99. The van der Waals surface area contributed by atoms with Gasteiger partial charge in [-0.25, -0.2) is 4.39 Å². The Morgan fingerprint density at radius 3 is 3.00 bits per heavy atom. The number of halogens is 3. The molecule has 0 unspecified atom stereocenters. The van der Waals surface area contributed by atoms with Crippen molar-refractivity contribution in [1.82, 2.24) is 10.2 Å². The minimum absolute atomic E-state index is 0. The van der Waals surface area contributed by atoms with Crippen molar-refractivity contribution < 1.29 is 9.18 Å². The molecule has 7 heteroatoms. The van der Waals surface area contributed by atoms with Gasteiger partial charge in [0.15, 0.2) is 0 Å². The standard InChI is InChI=1S/C13H17ClFN3O.ClH/c1-9-7-16-4-5-18(9)8-13(19)17-12-3-2-10(15)6-11(12)14;/h2-3,6,9,16H,4-5,7-8H2,1H3,(H,17,19);1H/t9-;/m1./s1. The Balaban J connectivity index is 0.00000200. The van der Waals surface area contributed by atoms with Crippen LogP contribution in [-0.4, -0.2) is 43.0 Å². The van der Waals surface area contributed by atoms with Crippen molar-refractivity contribution in [2.75, 3.05) is 31.5 Å². The average Bonchev–Trinajstić information content (AvgIpc) is 2.36. The van der Waals surface area contributed by atoms with E-state index < -0.39 is 5.82 Å². The van der Waals surface area contributed by atoms with Crippen molar-refractivity contribution in [3.05, 3.63) is 29.0 Å². The molecule has 0 saturated carbocycles. The van der Waals surface area contributed by atoms with Crippen molar-refractivity contribution in [2.45, 2.75) is 13.0 Å². The normalized spacial score (nSPS) is 19.2. The van der Waals surface area contributed by atoms with Gasteiger partial charge in [-0.3, -0.25) is 9.69 Å². The molecule has 1 fully saturated rings. The smallest absolute Gasteiger partial charge is 0.238 e. The lowest BCUT2D eigenvalue weighted by molar-refractivity contribution is -0.118. The lowest BCUT2D eigenvalue weighted by atomic mass is 10.2. The van der Waals surface area contributed by atoms with Gasteiger partial charge in [0, 0.05) is 25.7 Å². The molecule has 0 aromatic heterocycles. The highest BCUT2D eigenvalue weighted by Gasteiger charge is 2.20. The van der Waals surface area contributed by atoms with E-state index in [1.807, 2.05) is 0 Å². The molecule has 0 radical (unpaired) electrons. The second kappa shape index (κ2) is 7.78. The predicted octanol–water partition coefficient (Wildman–Crippen LogP) is 2.13. The lowest BCUT2D eigenvalue weighted by Crippen LogP contribution is -2.51. The Morgan fingerprint density at radius 1 is 1.60 bits per heavy atom. The fourth-order valence-electron chi connectivity index (χ4n) is 2.08. The van der Waals surface area contributed by atoms with Gasteiger partial charge in [-0.1, -0.05) is 11.6 Å². The van der Waals surface area contributed by atoms with Crippen molar-refractivity contribution >= 4 is 35.6 Å². The van der Waals surface area contributed by atoms with Crippen molar-refractivity contribution in [1.29, 1.82) is 0 Å². The van der Waals surface area contributed by atoms with Crippen LogP contribution in [0.25, 0.3) is 0 Å². The zero-order valence-corrected chi connectivity index (χ0v) is 12.7. The number of nitrogens with zero attached hydrogens (tertiary/aromatic N) is 1. The number of anilines is 1. The van der Waals surface area contributed by atoms with E-state index in [9.17, 15) is 9.18 Å². The first kappa shape index (κ1) is 17.2. The molecule has 20 heavy (non-hydrogen) atoms. The largest absolute Gasteiger partial charge is 0.324 e. The summed E-state index contributed by atoms with van der Waals surface area (Å²) in [7, 11) is 0. The van der Waals surface area contributed by atoms with Crippen LogP contribution in [0.3, 0.4) is 0 Å². The number of amides is 1. The molecular formula is C13H18Cl2FN3O. The molecule has 1 heterocycles. The lowest BCUT2D eigenvalue weighted by Gasteiger charge is -2.33. The van der Waals surface area contributed by atoms with Gasteiger partial charge in [0.1, 0.15) is 5.82 Å². The zero-order valence-electron chi connectivity index (χ0n) is 11.2. The van der Waals surface area contributed by atoms with E-state index in [-0.39, 0.29) is 23.3 Å². The van der Waals surface area contributed by atoms with Crippen molar-refractivity contribution in [3.63, 3.8) is 0 Å². The van der Waals surface area contributed by atoms with Crippen LogP contribution in [0.15, 0.2) is 18.2 Å². The van der Waals surface area contributed by atoms with Crippen LogP contribution in [0.1, 0.15) is 6.92 Å². The van der Waals surface area contributed by atoms with Crippen LogP contribution in [0, 0.1) is 5.82 Å². The minimum atomic E-state index is -0.418. The van der Waals surface area contributed by atoms with E-state index in [1.54, 1.807) is 0 Å². The van der Waals surface area contributed by atoms with Gasteiger partial charge in [-0.05, 0) is 25.1 Å². The average molecular weight is 322 g/mol. The molecule has 0 bridgehead atoms. The molecule has 0 spiro atoms. The molecule has 2 rings (SSSR count). The maximum absolute atomic E-state index is 12.9. The van der Waals surface area contributed by atoms with Gasteiger partial charge in [0.25, 0.3) is 0 Å². The van der Waals surface area contributed by atoms with Gasteiger partial charge in [0.05, 0.1) is 17.3 Å². The number of hydrogen-bond acceptors (Lipinski definition) is 3. The van der Waals surface area contributed by atoms with Gasteiger partial charge in [-0.2, -0.15) is 0 Å². The minimum Gasteiger partial charge on any atom is -0.324 e. The van der Waals surface area contributed by atoms with Crippen LogP contribution < -0.4 is 10.6 Å². The number of piperazine rings is 1. The fourth-order valence-corrected chi connectivity index (χ4v) is 2.30. The van der Waals surface area contributed by atoms with Gasteiger partial charge in [0.2, 0.25) is 5.91 Å². The van der Waals surface area contributed by atoms with Crippen LogP contribution in [0.2, 0.25) is 5.02 Å². The van der Waals surface area contributed by atoms with Gasteiger partial charge >= 0.3 is 0 Å². The highest BCUT2D eigenvalue weighted by molar-refractivity contribution is 6.33. The second-order valence-corrected chi connectivity index (χ2v) is 5.10. The number of carbonyl (C=O) groups is 1.